The highest BCUT2D eigenvalue weighted by Crippen LogP contribution is 2.67. The number of primary amides is 1. The van der Waals surface area contributed by atoms with E-state index >= 15 is 0 Å². The number of hydrogen-bond acceptors (Lipinski definition) is 9. The average molecular weight is 962 g/mol. The number of ether oxygens (including phenoxy) is 1. The van der Waals surface area contributed by atoms with E-state index in [0.717, 1.165) is 68.2 Å². The largest absolute Gasteiger partial charge is 0.461 e. The van der Waals surface area contributed by atoms with E-state index in [1.165, 1.54) is 49.0 Å². The third-order valence-corrected chi connectivity index (χ3v) is 18.4. The van der Waals surface area contributed by atoms with Gasteiger partial charge in [-0.05, 0) is 155 Å². The average Bonchev–Trinajstić information content (AvgIpc) is 4.15. The van der Waals surface area contributed by atoms with E-state index in [1.807, 2.05) is 13.8 Å². The highest BCUT2D eigenvalue weighted by atomic mass is 16.5. The van der Waals surface area contributed by atoms with Crippen LogP contribution in [0, 0.1) is 52.3 Å². The minimum Gasteiger partial charge on any atom is -0.461 e. The van der Waals surface area contributed by atoms with E-state index in [2.05, 4.69) is 62.0 Å². The normalized spacial score (nSPS) is 33.1. The Morgan fingerprint density at radius 3 is 2.19 bits per heavy atom. The van der Waals surface area contributed by atoms with E-state index in [0.29, 0.717) is 56.5 Å². The summed E-state index contributed by atoms with van der Waals surface area (Å²) in [5.41, 5.74) is 7.46. The Balaban J connectivity index is 0.914. The van der Waals surface area contributed by atoms with Gasteiger partial charge < -0.3 is 41.5 Å². The van der Waals surface area contributed by atoms with Crippen LogP contribution in [0.2, 0.25) is 0 Å². The molecule has 3 saturated heterocycles. The maximum absolute atomic E-state index is 14.3. The molecule has 0 radical (unpaired) electrons. The summed E-state index contributed by atoms with van der Waals surface area (Å²) in [4.78, 5) is 97.3. The van der Waals surface area contributed by atoms with Crippen LogP contribution in [-0.4, -0.2) is 114 Å². The van der Waals surface area contributed by atoms with Crippen LogP contribution in [0.1, 0.15) is 170 Å². The molecule has 386 valence electrons. The lowest BCUT2D eigenvalue weighted by atomic mass is 9.47. The van der Waals surface area contributed by atoms with E-state index in [-0.39, 0.29) is 55.2 Å². The second kappa shape index (κ2) is 22.6. The van der Waals surface area contributed by atoms with Crippen molar-refractivity contribution in [3.63, 3.8) is 0 Å². The molecule has 3 saturated carbocycles. The summed E-state index contributed by atoms with van der Waals surface area (Å²) in [6.07, 6.45) is 17.5. The number of likely N-dealkylation sites (tertiary alicyclic amines) is 2. The molecule has 6 amide bonds. The van der Waals surface area contributed by atoms with Crippen LogP contribution in [0.15, 0.2) is 11.6 Å². The Bertz CT molecular complexity index is 1930. The zero-order valence-electron chi connectivity index (χ0n) is 43.1. The van der Waals surface area contributed by atoms with Crippen molar-refractivity contribution in [3.8, 4) is 0 Å². The summed E-state index contributed by atoms with van der Waals surface area (Å²) in [7, 11) is 0. The molecule has 0 aromatic rings. The Morgan fingerprint density at radius 2 is 1.51 bits per heavy atom. The van der Waals surface area contributed by atoms with Crippen LogP contribution in [0.4, 0.5) is 0 Å². The van der Waals surface area contributed by atoms with Gasteiger partial charge in [0.1, 0.15) is 36.8 Å². The monoisotopic (exact) mass is 962 g/mol. The number of esters is 1. The van der Waals surface area contributed by atoms with Crippen LogP contribution in [0.25, 0.3) is 0 Å². The van der Waals surface area contributed by atoms with Crippen LogP contribution in [0.5, 0.6) is 0 Å². The molecule has 6 N–H and O–H groups in total. The molecule has 0 spiro atoms. The number of carbonyl (C=O) groups is 7. The molecule has 13 atom stereocenters. The lowest BCUT2D eigenvalue weighted by Crippen LogP contribution is -2.58. The Morgan fingerprint density at radius 1 is 0.783 bits per heavy atom. The number of allylic oxidation sites excluding steroid dienone is 1. The number of amides is 6. The molecule has 15 heteroatoms. The Labute approximate surface area is 412 Å². The second-order valence-corrected chi connectivity index (χ2v) is 23.8. The molecule has 0 aromatic carbocycles. The zero-order valence-corrected chi connectivity index (χ0v) is 43.1. The summed E-state index contributed by atoms with van der Waals surface area (Å²) < 4.78 is 6.05. The molecule has 6 fully saturated rings. The van der Waals surface area contributed by atoms with Gasteiger partial charge in [0.2, 0.25) is 35.4 Å². The lowest BCUT2D eigenvalue weighted by molar-refractivity contribution is -0.152. The molecule has 7 aliphatic rings. The fraction of sp³-hybridized carbons (Fsp3) is 0.833. The summed E-state index contributed by atoms with van der Waals surface area (Å²) in [6, 6.07) is -4.17. The highest BCUT2D eigenvalue weighted by Gasteiger charge is 2.59. The zero-order chi connectivity index (χ0) is 49.8. The van der Waals surface area contributed by atoms with Gasteiger partial charge in [-0.25, -0.2) is 0 Å². The topological polar surface area (TPSA) is 209 Å². The van der Waals surface area contributed by atoms with Crippen molar-refractivity contribution >= 4 is 41.4 Å². The maximum Gasteiger partial charge on any atom is 0.325 e. The molecular formula is C54H87N7O8. The van der Waals surface area contributed by atoms with E-state index < -0.39 is 59.7 Å². The molecule has 7 rings (SSSR count). The minimum atomic E-state index is -1.20. The number of carbonyl (C=O) groups excluding carboxylic acids is 7. The molecule has 0 bridgehead atoms. The molecule has 4 aliphatic carbocycles. The summed E-state index contributed by atoms with van der Waals surface area (Å²) >= 11 is 0. The third kappa shape index (κ3) is 11.9. The van der Waals surface area contributed by atoms with Crippen molar-refractivity contribution in [1.82, 2.24) is 31.1 Å². The second-order valence-electron chi connectivity index (χ2n) is 23.8. The van der Waals surface area contributed by atoms with Crippen LogP contribution >= 0.6 is 0 Å². The van der Waals surface area contributed by atoms with Gasteiger partial charge in [-0.3, -0.25) is 33.6 Å². The first-order valence-electron chi connectivity index (χ1n) is 27.2. The van der Waals surface area contributed by atoms with Crippen LogP contribution < -0.4 is 27.0 Å². The van der Waals surface area contributed by atoms with Gasteiger partial charge in [0, 0.05) is 25.9 Å². The third-order valence-electron chi connectivity index (χ3n) is 18.4. The number of nitrogens with zero attached hydrogens (tertiary/aromatic N) is 2. The molecule has 3 aliphatic heterocycles. The first kappa shape index (κ1) is 52.8. The fourth-order valence-electron chi connectivity index (χ4n) is 14.7. The molecular weight excluding hydrogens is 875 g/mol. The van der Waals surface area contributed by atoms with E-state index in [4.69, 9.17) is 10.5 Å². The molecule has 0 aromatic heterocycles. The van der Waals surface area contributed by atoms with Crippen LogP contribution in [0.3, 0.4) is 0 Å². The quantitative estimate of drug-likeness (QED) is 0.0796. The standard InChI is InChI=1S/C54H87N7O8/c1-32(2)14-15-34(5)38-18-19-39-37-17-16-35-30-36(22-24-53(35,6)40(37)23-25-54(38,39)7)69-47(63)31-57-49(65)44-12-9-27-60(44)52(68)43(29-33(3)4)59-48(64)41(20-21-46(55)62)58-50(66)45-13-10-28-61(45)51(67)42-11-8-26-56-42/h16,32-34,36-45,56H,8-15,17-31H2,1-7H3,(H2,55,62)(H,57,65)(H,58,66)(H,59,64)/t34-,36-,37+,38-,39+,40+,41+,42+,43+,44+,45+,53+,54-/m1/s1. The van der Waals surface area contributed by atoms with Crippen molar-refractivity contribution in [3.05, 3.63) is 11.6 Å². The molecule has 69 heavy (non-hydrogen) atoms. The fourth-order valence-corrected chi connectivity index (χ4v) is 14.7. The van der Waals surface area contributed by atoms with Gasteiger partial charge in [-0.15, -0.1) is 0 Å². The van der Waals surface area contributed by atoms with Gasteiger partial charge in [0.05, 0.1) is 6.04 Å². The Kier molecular flexibility index (Phi) is 17.3. The van der Waals surface area contributed by atoms with Gasteiger partial charge >= 0.3 is 5.97 Å². The minimum absolute atomic E-state index is 0.0278. The van der Waals surface area contributed by atoms with Gasteiger partial charge in [-0.1, -0.05) is 73.0 Å². The lowest BCUT2D eigenvalue weighted by Gasteiger charge is -2.58. The highest BCUT2D eigenvalue weighted by molar-refractivity contribution is 5.97. The smallest absolute Gasteiger partial charge is 0.325 e. The van der Waals surface area contributed by atoms with Gasteiger partial charge in [0.25, 0.3) is 0 Å². The predicted molar refractivity (Wildman–Crippen MR) is 264 cm³/mol. The van der Waals surface area contributed by atoms with Crippen molar-refractivity contribution < 1.29 is 38.3 Å². The maximum atomic E-state index is 14.3. The van der Waals surface area contributed by atoms with Gasteiger partial charge in [-0.2, -0.15) is 0 Å². The van der Waals surface area contributed by atoms with Crippen LogP contribution in [-0.2, 0) is 38.3 Å². The molecule has 15 nitrogen and oxygen atoms in total. The number of nitrogens with one attached hydrogen (secondary N) is 4. The van der Waals surface area contributed by atoms with Crippen molar-refractivity contribution in [2.24, 2.45) is 58.0 Å². The van der Waals surface area contributed by atoms with Crippen molar-refractivity contribution in [2.45, 2.75) is 207 Å². The Hall–Kier alpha value is -4.01. The first-order valence-corrected chi connectivity index (χ1v) is 27.2. The predicted octanol–water partition coefficient (Wildman–Crippen LogP) is 5.68. The summed E-state index contributed by atoms with van der Waals surface area (Å²) in [6.45, 7) is 17.3. The summed E-state index contributed by atoms with van der Waals surface area (Å²) in [5.74, 6) is 1.16. The van der Waals surface area contributed by atoms with Gasteiger partial charge in [0.15, 0.2) is 0 Å². The number of nitrogens with two attached hydrogens (primary N) is 1. The summed E-state index contributed by atoms with van der Waals surface area (Å²) in [5, 5.41) is 11.6. The molecule has 3 heterocycles. The van der Waals surface area contributed by atoms with Crippen molar-refractivity contribution in [2.75, 3.05) is 26.2 Å². The van der Waals surface area contributed by atoms with E-state index in [1.54, 1.807) is 4.90 Å². The van der Waals surface area contributed by atoms with E-state index in [9.17, 15) is 33.6 Å². The number of fused-ring (bicyclic) bond motifs is 5. The first-order chi connectivity index (χ1) is 32.8. The SMILES string of the molecule is CC(C)CC[C@@H](C)[C@H]1CC[C@H]2[C@@H]3CC=C4C[C@H](OC(=O)CNC(=O)[C@@H]5CCCN5C(=O)[C@H](CC(C)C)NC(=O)[C@H](CCC(N)=O)NC(=O)[C@@H]5CCCN5C(=O)[C@@H]5CCCN5)CC[C@]4(C)[C@H]3CC[C@]12C. The molecule has 0 unspecified atom stereocenters. The van der Waals surface area contributed by atoms with Crippen molar-refractivity contribution in [1.29, 1.82) is 0 Å². The number of rotatable bonds is 19. The number of hydrogen-bond donors (Lipinski definition) is 5.